The van der Waals surface area contributed by atoms with E-state index < -0.39 is 10.0 Å². The molecule has 0 aliphatic carbocycles. The fourth-order valence-electron chi connectivity index (χ4n) is 2.05. The first-order chi connectivity index (χ1) is 8.04. The summed E-state index contributed by atoms with van der Waals surface area (Å²) in [5, 5.41) is 0. The Labute approximate surface area is 115 Å². The van der Waals surface area contributed by atoms with Crippen LogP contribution >= 0.6 is 12.4 Å². The van der Waals surface area contributed by atoms with Crippen molar-refractivity contribution in [2.75, 3.05) is 13.1 Å². The van der Waals surface area contributed by atoms with Crippen molar-refractivity contribution in [1.82, 2.24) is 4.31 Å². The summed E-state index contributed by atoms with van der Waals surface area (Å²) >= 11 is 0. The second-order valence-electron chi connectivity index (χ2n) is 4.41. The summed E-state index contributed by atoms with van der Waals surface area (Å²) in [6.45, 7) is 2.97. The molecule has 1 fully saturated rings. The molecule has 2 rings (SSSR count). The van der Waals surface area contributed by atoms with E-state index in [4.69, 9.17) is 5.73 Å². The molecule has 2 N–H and O–H groups in total. The lowest BCUT2D eigenvalue weighted by atomic mass is 10.2. The van der Waals surface area contributed by atoms with Crippen LogP contribution in [-0.2, 0) is 16.4 Å². The number of halogens is 1. The van der Waals surface area contributed by atoms with Crippen LogP contribution in [0.4, 0.5) is 0 Å². The zero-order chi connectivity index (χ0) is 12.5. The molecule has 102 valence electrons. The lowest BCUT2D eigenvalue weighted by Crippen LogP contribution is -2.32. The molecule has 1 aliphatic rings. The Balaban J connectivity index is 0.00000162. The van der Waals surface area contributed by atoms with Crippen LogP contribution in [0, 0.1) is 0 Å². The maximum Gasteiger partial charge on any atom is 0.243 e. The molecule has 1 heterocycles. The third-order valence-corrected chi connectivity index (χ3v) is 4.99. The smallest absolute Gasteiger partial charge is 0.243 e. The Hall–Kier alpha value is -0.620. The average molecular weight is 291 g/mol. The summed E-state index contributed by atoms with van der Waals surface area (Å²) in [5.74, 6) is 0. The minimum Gasteiger partial charge on any atom is -0.326 e. The zero-order valence-corrected chi connectivity index (χ0v) is 12.0. The van der Waals surface area contributed by atoms with Gasteiger partial charge in [0.2, 0.25) is 10.0 Å². The van der Waals surface area contributed by atoms with Crippen LogP contribution < -0.4 is 5.73 Å². The van der Waals surface area contributed by atoms with Gasteiger partial charge in [0.15, 0.2) is 0 Å². The molecule has 0 unspecified atom stereocenters. The first kappa shape index (κ1) is 15.4. The number of rotatable bonds is 3. The van der Waals surface area contributed by atoms with Gasteiger partial charge in [-0.15, -0.1) is 12.4 Å². The van der Waals surface area contributed by atoms with Crippen LogP contribution in [0.25, 0.3) is 0 Å². The Morgan fingerprint density at radius 2 is 2.17 bits per heavy atom. The standard InChI is InChI=1S/C12H18N2O2S.ClH/c1-2-10-4-3-5-12(8-10)17(15,16)14-7-6-11(13)9-14;/h3-5,8,11H,2,6-7,9,13H2,1H3;1H/t11-;/m0./s1. The van der Waals surface area contributed by atoms with Crippen LogP contribution in [0.5, 0.6) is 0 Å². The number of aryl methyl sites for hydroxylation is 1. The third kappa shape index (κ3) is 3.03. The molecule has 4 nitrogen and oxygen atoms in total. The van der Waals surface area contributed by atoms with E-state index in [0.717, 1.165) is 18.4 Å². The van der Waals surface area contributed by atoms with Crippen molar-refractivity contribution >= 4 is 22.4 Å². The van der Waals surface area contributed by atoms with E-state index in [1.807, 2.05) is 13.0 Å². The van der Waals surface area contributed by atoms with Crippen molar-refractivity contribution in [3.05, 3.63) is 29.8 Å². The fraction of sp³-hybridized carbons (Fsp3) is 0.500. The quantitative estimate of drug-likeness (QED) is 0.915. The number of hydrogen-bond donors (Lipinski definition) is 1. The number of benzene rings is 1. The molecule has 1 saturated heterocycles. The highest BCUT2D eigenvalue weighted by Crippen LogP contribution is 2.21. The zero-order valence-electron chi connectivity index (χ0n) is 10.4. The van der Waals surface area contributed by atoms with Crippen LogP contribution in [0.2, 0.25) is 0 Å². The van der Waals surface area contributed by atoms with Crippen molar-refractivity contribution < 1.29 is 8.42 Å². The first-order valence-corrected chi connectivity index (χ1v) is 7.32. The molecule has 1 aliphatic heterocycles. The van der Waals surface area contributed by atoms with Gasteiger partial charge in [-0.1, -0.05) is 19.1 Å². The van der Waals surface area contributed by atoms with Gasteiger partial charge in [0.25, 0.3) is 0 Å². The molecule has 1 atom stereocenters. The summed E-state index contributed by atoms with van der Waals surface area (Å²) in [7, 11) is -3.35. The highest BCUT2D eigenvalue weighted by Gasteiger charge is 2.30. The molecule has 0 spiro atoms. The van der Waals surface area contributed by atoms with Gasteiger partial charge in [-0.3, -0.25) is 0 Å². The van der Waals surface area contributed by atoms with E-state index in [9.17, 15) is 8.42 Å². The molecule has 0 bridgehead atoms. The molecular weight excluding hydrogens is 272 g/mol. The lowest BCUT2D eigenvalue weighted by molar-refractivity contribution is 0.472. The average Bonchev–Trinajstić information content (AvgIpc) is 2.76. The first-order valence-electron chi connectivity index (χ1n) is 5.88. The number of nitrogens with zero attached hydrogens (tertiary/aromatic N) is 1. The number of hydrogen-bond acceptors (Lipinski definition) is 3. The van der Waals surface area contributed by atoms with Crippen molar-refractivity contribution in [3.63, 3.8) is 0 Å². The van der Waals surface area contributed by atoms with E-state index in [1.165, 1.54) is 4.31 Å². The van der Waals surface area contributed by atoms with E-state index in [2.05, 4.69) is 0 Å². The normalized spacial score (nSPS) is 20.7. The van der Waals surface area contributed by atoms with Gasteiger partial charge in [0, 0.05) is 19.1 Å². The topological polar surface area (TPSA) is 63.4 Å². The van der Waals surface area contributed by atoms with Crippen molar-refractivity contribution in [3.8, 4) is 0 Å². The second-order valence-corrected chi connectivity index (χ2v) is 6.35. The monoisotopic (exact) mass is 290 g/mol. The highest BCUT2D eigenvalue weighted by molar-refractivity contribution is 7.89. The Bertz CT molecular complexity index is 505. The lowest BCUT2D eigenvalue weighted by Gasteiger charge is -2.16. The molecule has 1 aromatic rings. The Kier molecular flexibility index (Phi) is 5.16. The van der Waals surface area contributed by atoms with Gasteiger partial charge < -0.3 is 5.73 Å². The Morgan fingerprint density at radius 3 is 2.72 bits per heavy atom. The van der Waals surface area contributed by atoms with E-state index in [1.54, 1.807) is 18.2 Å². The molecule has 6 heteroatoms. The second kappa shape index (κ2) is 6.02. The number of nitrogens with two attached hydrogens (primary N) is 1. The third-order valence-electron chi connectivity index (χ3n) is 3.13. The van der Waals surface area contributed by atoms with Crippen molar-refractivity contribution in [2.24, 2.45) is 5.73 Å². The highest BCUT2D eigenvalue weighted by atomic mass is 35.5. The van der Waals surface area contributed by atoms with Crippen LogP contribution in [0.15, 0.2) is 29.2 Å². The molecule has 0 saturated carbocycles. The van der Waals surface area contributed by atoms with Crippen LogP contribution in [0.1, 0.15) is 18.9 Å². The van der Waals surface area contributed by atoms with Crippen molar-refractivity contribution in [1.29, 1.82) is 0 Å². The molecule has 18 heavy (non-hydrogen) atoms. The van der Waals surface area contributed by atoms with Gasteiger partial charge in [-0.05, 0) is 30.5 Å². The summed E-state index contributed by atoms with van der Waals surface area (Å²) < 4.78 is 26.1. The van der Waals surface area contributed by atoms with E-state index >= 15 is 0 Å². The van der Waals surface area contributed by atoms with Gasteiger partial charge in [0.1, 0.15) is 0 Å². The van der Waals surface area contributed by atoms with Crippen LogP contribution in [0.3, 0.4) is 0 Å². The van der Waals surface area contributed by atoms with Gasteiger partial charge in [-0.2, -0.15) is 4.31 Å². The molecule has 1 aromatic carbocycles. The predicted molar refractivity (Wildman–Crippen MR) is 74.4 cm³/mol. The van der Waals surface area contributed by atoms with Gasteiger partial charge in [0.05, 0.1) is 4.90 Å². The summed E-state index contributed by atoms with van der Waals surface area (Å²) in [6, 6.07) is 7.10. The SMILES string of the molecule is CCc1cccc(S(=O)(=O)N2CC[C@H](N)C2)c1.Cl. The summed E-state index contributed by atoms with van der Waals surface area (Å²) in [4.78, 5) is 0.381. The van der Waals surface area contributed by atoms with Crippen LogP contribution in [-0.4, -0.2) is 31.9 Å². The number of sulfonamides is 1. The van der Waals surface area contributed by atoms with Crippen molar-refractivity contribution in [2.45, 2.75) is 30.7 Å². The summed E-state index contributed by atoms with van der Waals surface area (Å²) in [5.41, 5.74) is 6.79. The molecular formula is C12H19ClN2O2S. The fourth-order valence-corrected chi connectivity index (χ4v) is 3.63. The molecule has 0 aromatic heterocycles. The largest absolute Gasteiger partial charge is 0.326 e. The Morgan fingerprint density at radius 1 is 1.44 bits per heavy atom. The molecule has 0 amide bonds. The van der Waals surface area contributed by atoms with E-state index in [0.29, 0.717) is 18.0 Å². The minimum absolute atomic E-state index is 0. The predicted octanol–water partition coefficient (Wildman–Crippen LogP) is 1.39. The molecule has 0 radical (unpaired) electrons. The minimum atomic E-state index is -3.35. The maximum atomic E-state index is 12.3. The summed E-state index contributed by atoms with van der Waals surface area (Å²) in [6.07, 6.45) is 1.58. The van der Waals surface area contributed by atoms with Gasteiger partial charge >= 0.3 is 0 Å². The van der Waals surface area contributed by atoms with Gasteiger partial charge in [-0.25, -0.2) is 8.42 Å². The maximum absolute atomic E-state index is 12.3. The van der Waals surface area contributed by atoms with E-state index in [-0.39, 0.29) is 18.4 Å².